The van der Waals surface area contributed by atoms with Gasteiger partial charge in [-0.05, 0) is 50.1 Å². The van der Waals surface area contributed by atoms with Gasteiger partial charge in [0.1, 0.15) is 5.56 Å². The molecule has 2 aromatic carbocycles. The number of rotatable bonds is 6. The molecule has 4 rings (SSSR count). The molecule has 0 saturated carbocycles. The molecule has 0 aliphatic carbocycles. The highest BCUT2D eigenvalue weighted by Crippen LogP contribution is 2.25. The number of carbonyl (C=O) groups is 2. The average Bonchev–Trinajstić information content (AvgIpc) is 3.22. The Morgan fingerprint density at radius 3 is 2.42 bits per heavy atom. The molecule has 2 aromatic heterocycles. The van der Waals surface area contributed by atoms with Gasteiger partial charge in [-0.25, -0.2) is 9.48 Å². The van der Waals surface area contributed by atoms with Crippen LogP contribution in [-0.4, -0.2) is 26.6 Å². The van der Waals surface area contributed by atoms with Gasteiger partial charge in [0.25, 0.3) is 5.91 Å². The molecule has 4 aromatic rings. The lowest BCUT2D eigenvalue weighted by Crippen LogP contribution is -2.26. The van der Waals surface area contributed by atoms with Crippen molar-refractivity contribution < 1.29 is 14.3 Å². The molecule has 7 nitrogen and oxygen atoms in total. The molecule has 1 amide bonds. The van der Waals surface area contributed by atoms with Crippen molar-refractivity contribution >= 4 is 17.6 Å². The van der Waals surface area contributed by atoms with Crippen LogP contribution in [0.5, 0.6) is 0 Å². The average molecular weight is 441 g/mol. The molecular formula is C26H24N4O3. The molecule has 2 heterocycles. The third kappa shape index (κ3) is 4.82. The van der Waals surface area contributed by atoms with Crippen molar-refractivity contribution in [1.29, 1.82) is 0 Å². The maximum absolute atomic E-state index is 13.2. The normalized spacial score (nSPS) is 11.6. The number of amides is 1. The largest absolute Gasteiger partial charge is 0.444 e. The van der Waals surface area contributed by atoms with Gasteiger partial charge in [-0.3, -0.25) is 9.78 Å². The predicted octanol–water partition coefficient (Wildman–Crippen LogP) is 4.73. The summed E-state index contributed by atoms with van der Waals surface area (Å²) in [4.78, 5) is 30.3. The van der Waals surface area contributed by atoms with E-state index >= 15 is 0 Å². The third-order valence-corrected chi connectivity index (χ3v) is 5.35. The quantitative estimate of drug-likeness (QED) is 0.438. The summed E-state index contributed by atoms with van der Waals surface area (Å²) in [6.07, 6.45) is 3.62. The predicted molar refractivity (Wildman–Crippen MR) is 125 cm³/mol. The Labute approximate surface area is 192 Å². The molecule has 0 bridgehead atoms. The Kier molecular flexibility index (Phi) is 6.31. The van der Waals surface area contributed by atoms with Crippen LogP contribution in [0.4, 0.5) is 5.69 Å². The fourth-order valence-corrected chi connectivity index (χ4v) is 3.50. The highest BCUT2D eigenvalue weighted by molar-refractivity contribution is 5.98. The van der Waals surface area contributed by atoms with E-state index in [2.05, 4.69) is 15.4 Å². The van der Waals surface area contributed by atoms with Crippen molar-refractivity contribution in [3.63, 3.8) is 0 Å². The van der Waals surface area contributed by atoms with E-state index in [0.29, 0.717) is 16.9 Å². The minimum atomic E-state index is -1.12. The van der Waals surface area contributed by atoms with Gasteiger partial charge >= 0.3 is 5.97 Å². The van der Waals surface area contributed by atoms with Crippen LogP contribution in [0.3, 0.4) is 0 Å². The zero-order chi connectivity index (χ0) is 23.4. The van der Waals surface area contributed by atoms with Crippen LogP contribution in [0.25, 0.3) is 5.69 Å². The lowest BCUT2D eigenvalue weighted by Gasteiger charge is -2.19. The minimum Gasteiger partial charge on any atom is -0.444 e. The van der Waals surface area contributed by atoms with Crippen LogP contribution in [0.15, 0.2) is 79.3 Å². The number of nitrogens with one attached hydrogen (secondary N) is 1. The first-order chi connectivity index (χ1) is 15.9. The summed E-state index contributed by atoms with van der Waals surface area (Å²) in [5.74, 6) is -1.06. The van der Waals surface area contributed by atoms with Crippen LogP contribution in [0, 0.1) is 20.8 Å². The van der Waals surface area contributed by atoms with E-state index in [1.807, 2.05) is 38.1 Å². The molecule has 7 heteroatoms. The van der Waals surface area contributed by atoms with Gasteiger partial charge in [-0.15, -0.1) is 0 Å². The first-order valence-electron chi connectivity index (χ1n) is 10.5. The number of anilines is 1. The zero-order valence-electron chi connectivity index (χ0n) is 18.6. The number of aryl methyl sites for hydroxylation is 2. The minimum absolute atomic E-state index is 0.285. The fraction of sp³-hybridized carbons (Fsp3) is 0.154. The van der Waals surface area contributed by atoms with Crippen LogP contribution >= 0.6 is 0 Å². The third-order valence-electron chi connectivity index (χ3n) is 5.35. The Balaban J connectivity index is 1.61. The van der Waals surface area contributed by atoms with E-state index in [1.54, 1.807) is 60.4 Å². The Hall–Kier alpha value is -4.26. The van der Waals surface area contributed by atoms with Crippen LogP contribution in [0.1, 0.15) is 38.8 Å². The van der Waals surface area contributed by atoms with Gasteiger partial charge in [0.2, 0.25) is 6.10 Å². The SMILES string of the molecule is Cc1ccc(C)c(NC(=O)C(OC(=O)c2cnn(-c3ccncc3)c2C)c2ccccc2)c1. The van der Waals surface area contributed by atoms with Crippen molar-refractivity contribution in [3.8, 4) is 5.69 Å². The van der Waals surface area contributed by atoms with Crippen molar-refractivity contribution in [3.05, 3.63) is 107 Å². The van der Waals surface area contributed by atoms with Crippen LogP contribution < -0.4 is 5.32 Å². The number of esters is 1. The Morgan fingerprint density at radius 1 is 0.970 bits per heavy atom. The maximum atomic E-state index is 13.2. The second kappa shape index (κ2) is 9.48. The molecular weight excluding hydrogens is 416 g/mol. The summed E-state index contributed by atoms with van der Waals surface area (Å²) in [5, 5.41) is 7.22. The maximum Gasteiger partial charge on any atom is 0.342 e. The number of ether oxygens (including phenoxy) is 1. The van der Waals surface area contributed by atoms with Crippen molar-refractivity contribution in [2.24, 2.45) is 0 Å². The molecule has 0 spiro atoms. The van der Waals surface area contributed by atoms with Crippen LogP contribution in [0.2, 0.25) is 0 Å². The van der Waals surface area contributed by atoms with E-state index in [1.165, 1.54) is 6.20 Å². The fourth-order valence-electron chi connectivity index (χ4n) is 3.50. The van der Waals surface area contributed by atoms with Gasteiger partial charge in [0, 0.05) is 23.6 Å². The van der Waals surface area contributed by atoms with Gasteiger partial charge < -0.3 is 10.1 Å². The topological polar surface area (TPSA) is 86.1 Å². The number of pyridine rings is 1. The van der Waals surface area contributed by atoms with Gasteiger partial charge in [0.15, 0.2) is 0 Å². The molecule has 0 fully saturated rings. The number of hydrogen-bond donors (Lipinski definition) is 1. The second-order valence-corrected chi connectivity index (χ2v) is 7.76. The van der Waals surface area contributed by atoms with E-state index in [-0.39, 0.29) is 5.56 Å². The molecule has 33 heavy (non-hydrogen) atoms. The van der Waals surface area contributed by atoms with E-state index < -0.39 is 18.0 Å². The van der Waals surface area contributed by atoms with Crippen molar-refractivity contribution in [2.75, 3.05) is 5.32 Å². The molecule has 0 radical (unpaired) electrons. The van der Waals surface area contributed by atoms with Crippen LogP contribution in [-0.2, 0) is 9.53 Å². The van der Waals surface area contributed by atoms with E-state index in [4.69, 9.17) is 4.74 Å². The Bertz CT molecular complexity index is 1280. The smallest absolute Gasteiger partial charge is 0.342 e. The number of hydrogen-bond acceptors (Lipinski definition) is 5. The standard InChI is InChI=1S/C26H24N4O3/c1-17-9-10-18(2)23(15-17)29-25(31)24(20-7-5-4-6-8-20)33-26(32)22-16-28-30(19(22)3)21-11-13-27-14-12-21/h4-16,24H,1-3H3,(H,29,31). The summed E-state index contributed by atoms with van der Waals surface area (Å²) in [5.41, 5.74) is 4.85. The lowest BCUT2D eigenvalue weighted by atomic mass is 10.1. The monoisotopic (exact) mass is 440 g/mol. The van der Waals surface area contributed by atoms with Gasteiger partial charge in [-0.1, -0.05) is 42.5 Å². The number of carbonyl (C=O) groups excluding carboxylic acids is 2. The molecule has 1 N–H and O–H groups in total. The first-order valence-corrected chi connectivity index (χ1v) is 10.5. The summed E-state index contributed by atoms with van der Waals surface area (Å²) in [6, 6.07) is 18.3. The number of nitrogens with zero attached hydrogens (tertiary/aromatic N) is 3. The summed E-state index contributed by atoms with van der Waals surface area (Å²) >= 11 is 0. The first kappa shape index (κ1) is 22.0. The van der Waals surface area contributed by atoms with Gasteiger partial charge in [-0.2, -0.15) is 5.10 Å². The highest BCUT2D eigenvalue weighted by atomic mass is 16.5. The van der Waals surface area contributed by atoms with Gasteiger partial charge in [0.05, 0.1) is 17.6 Å². The second-order valence-electron chi connectivity index (χ2n) is 7.76. The van der Waals surface area contributed by atoms with E-state index in [9.17, 15) is 9.59 Å². The summed E-state index contributed by atoms with van der Waals surface area (Å²) in [6.45, 7) is 5.64. The Morgan fingerprint density at radius 2 is 1.70 bits per heavy atom. The molecule has 0 aliphatic rings. The molecule has 1 atom stereocenters. The van der Waals surface area contributed by atoms with Crippen molar-refractivity contribution in [1.82, 2.24) is 14.8 Å². The molecule has 166 valence electrons. The summed E-state index contributed by atoms with van der Waals surface area (Å²) < 4.78 is 7.37. The summed E-state index contributed by atoms with van der Waals surface area (Å²) in [7, 11) is 0. The molecule has 0 aliphatic heterocycles. The lowest BCUT2D eigenvalue weighted by molar-refractivity contribution is -0.125. The number of aromatic nitrogens is 3. The highest BCUT2D eigenvalue weighted by Gasteiger charge is 2.28. The zero-order valence-corrected chi connectivity index (χ0v) is 18.6. The molecule has 0 saturated heterocycles. The van der Waals surface area contributed by atoms with Crippen molar-refractivity contribution in [2.45, 2.75) is 26.9 Å². The van der Waals surface area contributed by atoms with E-state index in [0.717, 1.165) is 16.8 Å². The number of benzene rings is 2. The molecule has 1 unspecified atom stereocenters.